The average molecular weight is 637 g/mol. The second-order valence-corrected chi connectivity index (χ2v) is 10.5. The molecule has 0 aliphatic heterocycles. The highest BCUT2D eigenvalue weighted by Crippen LogP contribution is 2.47. The summed E-state index contributed by atoms with van der Waals surface area (Å²) in [4.78, 5) is 0. The summed E-state index contributed by atoms with van der Waals surface area (Å²) in [5.74, 6) is 0. The maximum atomic E-state index is 10.2. The van der Waals surface area contributed by atoms with Gasteiger partial charge in [-0.15, -0.1) is 0 Å². The van der Waals surface area contributed by atoms with E-state index in [-0.39, 0.29) is 0 Å². The van der Waals surface area contributed by atoms with Crippen LogP contribution < -0.4 is 0 Å². The zero-order chi connectivity index (χ0) is 57.7. The smallest absolute Gasteiger partial charge is 0.0616 e. The molecule has 48 heavy (non-hydrogen) atoms. The molecule has 0 N–H and O–H groups in total. The third-order valence-corrected chi connectivity index (χ3v) is 7.88. The quantitative estimate of drug-likeness (QED) is 0.134. The number of rotatable bonds is 3. The van der Waals surface area contributed by atoms with Crippen molar-refractivity contribution in [2.75, 3.05) is 0 Å². The van der Waals surface area contributed by atoms with Gasteiger partial charge in [0.1, 0.15) is 0 Å². The Balaban J connectivity index is 1.60. The number of fused-ring (bicyclic) bond motifs is 7. The molecule has 0 radical (unpaired) electrons. The molecule has 0 heterocycles. The van der Waals surface area contributed by atoms with Crippen molar-refractivity contribution in [3.63, 3.8) is 0 Å². The van der Waals surface area contributed by atoms with Gasteiger partial charge in [0.2, 0.25) is 0 Å². The first kappa shape index (κ1) is 10.6. The summed E-state index contributed by atoms with van der Waals surface area (Å²) in [6.45, 7) is 0. The van der Waals surface area contributed by atoms with Crippen molar-refractivity contribution in [2.24, 2.45) is 0 Å². The molecule has 0 aromatic heterocycles. The van der Waals surface area contributed by atoms with Crippen molar-refractivity contribution in [2.45, 2.75) is 0 Å². The predicted octanol–water partition coefficient (Wildman–Crippen LogP) is 13.6. The van der Waals surface area contributed by atoms with Crippen molar-refractivity contribution < 1.29 is 41.1 Å². The number of hydrogen-bond acceptors (Lipinski definition) is 0. The fourth-order valence-electron chi connectivity index (χ4n) is 5.78. The molecule has 10 rings (SSSR count). The highest BCUT2D eigenvalue weighted by atomic mass is 14.2. The van der Waals surface area contributed by atoms with Crippen LogP contribution in [0.1, 0.15) is 41.1 Å². The van der Waals surface area contributed by atoms with Gasteiger partial charge in [0, 0.05) is 0 Å². The predicted molar refractivity (Wildman–Crippen MR) is 208 cm³/mol. The maximum absolute atomic E-state index is 10.2. The van der Waals surface area contributed by atoms with Gasteiger partial charge >= 0.3 is 0 Å². The fraction of sp³-hybridized carbons (Fsp3) is 0. The van der Waals surface area contributed by atoms with Crippen molar-refractivity contribution in [3.8, 4) is 33.4 Å². The zero-order valence-electron chi connectivity index (χ0n) is 54.0. The lowest BCUT2D eigenvalue weighted by atomic mass is 9.83. The van der Waals surface area contributed by atoms with Gasteiger partial charge < -0.3 is 0 Å². The Labute approximate surface area is 321 Å². The Kier molecular flexibility index (Phi) is 2.36. The molecule has 10 aromatic carbocycles. The van der Waals surface area contributed by atoms with Gasteiger partial charge in [-0.3, -0.25) is 0 Å². The number of benzene rings is 10. The first-order chi connectivity index (χ1) is 36.3. The molecule has 0 saturated heterocycles. The molecule has 0 fully saturated rings. The SMILES string of the molecule is [2H]c1c([2H])c([2H])c2c([2H])c(-c3c([2H])c([2H])c4c(-c5c([2H])c([2H])c6c(c5[2H])c([2H])c([2H])c5c([2H])c([2H])c([2H])c([2H])c56)c5c([2H])c([2H])c([2H])c([2H])c5c(-c5c([2H])c([2H])c([2H])c6c([2H])c([2H])c([2H])c([2H])c56)c4c3[2H])c([2H])c([2H])c2c1[2H]. The van der Waals surface area contributed by atoms with Gasteiger partial charge in [-0.1, -0.05) is 163 Å². The zero-order valence-corrected chi connectivity index (χ0v) is 24.0. The summed E-state index contributed by atoms with van der Waals surface area (Å²) in [5.41, 5.74) is -5.23. The fourth-order valence-corrected chi connectivity index (χ4v) is 5.78. The lowest BCUT2D eigenvalue weighted by Crippen LogP contribution is -1.93. The summed E-state index contributed by atoms with van der Waals surface area (Å²) in [6, 6.07) is -29.2. The minimum atomic E-state index is -1.16. The Morgan fingerprint density at radius 2 is 0.729 bits per heavy atom. The Bertz CT molecular complexity index is 4590. The van der Waals surface area contributed by atoms with Crippen molar-refractivity contribution in [1.82, 2.24) is 0 Å². The largest absolute Gasteiger partial charge is 0.0636 e. The molecule has 0 saturated carbocycles. The molecule has 0 aliphatic carbocycles. The van der Waals surface area contributed by atoms with E-state index < -0.39 is 279 Å². The standard InChI is InChI=1S/C48H30/c1-2-13-34-28-35(22-20-31(34)10-1)36-24-27-45-46(30-36)48(42-19-9-14-32-11-3-6-16-40(32)42)44-18-8-7-17-43(44)47(45)38-25-26-41-37(29-38)23-21-33-12-4-5-15-39(33)41/h1-30H/i1D,2D,3D,4D,5D,6D,7D,8D,9D,10D,11D,12D,13D,14D,15D,16D,17D,18D,19D,20D,21D,22D,23D,24D,25D,26D,27D,28D,29D,30D. The molecular formula is C48H30. The van der Waals surface area contributed by atoms with Crippen LogP contribution in [0, 0.1) is 0 Å². The van der Waals surface area contributed by atoms with Crippen LogP contribution in [0.2, 0.25) is 0 Å². The lowest BCUT2D eigenvalue weighted by molar-refractivity contribution is 1.66. The van der Waals surface area contributed by atoms with Crippen molar-refractivity contribution in [1.29, 1.82) is 0 Å². The highest BCUT2D eigenvalue weighted by molar-refractivity contribution is 6.24. The second kappa shape index (κ2) is 10.7. The molecule has 0 aliphatic rings. The van der Waals surface area contributed by atoms with E-state index in [1.807, 2.05) is 0 Å². The Morgan fingerprint density at radius 1 is 0.250 bits per heavy atom. The molecule has 0 bridgehead atoms. The van der Waals surface area contributed by atoms with Gasteiger partial charge in [-0.25, -0.2) is 0 Å². The van der Waals surface area contributed by atoms with Crippen LogP contribution in [0.25, 0.3) is 98.0 Å². The van der Waals surface area contributed by atoms with Crippen LogP contribution in [0.5, 0.6) is 0 Å². The molecule has 10 aromatic rings. The topological polar surface area (TPSA) is 0 Å². The molecule has 222 valence electrons. The van der Waals surface area contributed by atoms with Crippen LogP contribution in [-0.4, -0.2) is 0 Å². The van der Waals surface area contributed by atoms with E-state index >= 15 is 0 Å². The maximum Gasteiger partial charge on any atom is 0.0636 e. The van der Waals surface area contributed by atoms with Gasteiger partial charge in [0.15, 0.2) is 0 Å². The summed E-state index contributed by atoms with van der Waals surface area (Å²) in [5, 5.41) is -8.60. The van der Waals surface area contributed by atoms with Crippen LogP contribution in [0.15, 0.2) is 181 Å². The van der Waals surface area contributed by atoms with Gasteiger partial charge in [0.05, 0.1) is 41.1 Å². The van der Waals surface area contributed by atoms with Gasteiger partial charge in [-0.2, -0.15) is 0 Å². The molecule has 0 heteroatoms. The third kappa shape index (κ3) is 4.16. The van der Waals surface area contributed by atoms with Gasteiger partial charge in [0.25, 0.3) is 0 Å². The monoisotopic (exact) mass is 636 g/mol. The summed E-state index contributed by atoms with van der Waals surface area (Å²) < 4.78 is 273. The molecule has 0 unspecified atom stereocenters. The summed E-state index contributed by atoms with van der Waals surface area (Å²) >= 11 is 0. The van der Waals surface area contributed by atoms with Crippen molar-refractivity contribution >= 4 is 64.6 Å². The molecule has 0 atom stereocenters. The van der Waals surface area contributed by atoms with E-state index in [1.54, 1.807) is 0 Å². The van der Waals surface area contributed by atoms with Crippen LogP contribution >= 0.6 is 0 Å². The highest BCUT2D eigenvalue weighted by Gasteiger charge is 2.19. The van der Waals surface area contributed by atoms with E-state index in [0.717, 1.165) is 0 Å². The van der Waals surface area contributed by atoms with Gasteiger partial charge in [-0.05, 0) is 116 Å². The Morgan fingerprint density at radius 3 is 1.56 bits per heavy atom. The van der Waals surface area contributed by atoms with Crippen LogP contribution in [-0.2, 0) is 0 Å². The van der Waals surface area contributed by atoms with E-state index in [4.69, 9.17) is 23.3 Å². The van der Waals surface area contributed by atoms with E-state index in [1.165, 1.54) is 0 Å². The minimum absolute atomic E-state index is 0.551. The first-order valence-electron chi connectivity index (χ1n) is 29.2. The third-order valence-electron chi connectivity index (χ3n) is 7.88. The number of hydrogen-bond donors (Lipinski definition) is 0. The molecule has 0 spiro atoms. The van der Waals surface area contributed by atoms with E-state index in [9.17, 15) is 17.8 Å². The van der Waals surface area contributed by atoms with Crippen LogP contribution in [0.3, 0.4) is 0 Å². The minimum Gasteiger partial charge on any atom is -0.0616 e. The average Bonchev–Trinajstić information content (AvgIpc) is 3.59. The lowest BCUT2D eigenvalue weighted by Gasteiger charge is -2.20. The van der Waals surface area contributed by atoms with E-state index in [0.29, 0.717) is 0 Å². The molecule has 0 nitrogen and oxygen atoms in total. The second-order valence-electron chi connectivity index (χ2n) is 10.5. The van der Waals surface area contributed by atoms with Crippen molar-refractivity contribution in [3.05, 3.63) is 181 Å². The first-order valence-corrected chi connectivity index (χ1v) is 14.2. The summed E-state index contributed by atoms with van der Waals surface area (Å²) in [7, 11) is 0. The molecular weight excluding hydrogens is 577 g/mol. The van der Waals surface area contributed by atoms with Crippen LogP contribution in [0.4, 0.5) is 0 Å². The molecule has 0 amide bonds. The van der Waals surface area contributed by atoms with E-state index in [2.05, 4.69) is 0 Å². The summed E-state index contributed by atoms with van der Waals surface area (Å²) in [6.07, 6.45) is 0. The Hall–Kier alpha value is -6.24. The normalized spacial score (nSPS) is 20.5.